The van der Waals surface area contributed by atoms with Crippen LogP contribution in [-0.2, 0) is 14.6 Å². The van der Waals surface area contributed by atoms with Crippen molar-refractivity contribution >= 4 is 15.7 Å². The molecule has 1 fully saturated rings. The molecule has 0 saturated carbocycles. The van der Waals surface area contributed by atoms with Gasteiger partial charge in [-0.05, 0) is 31.6 Å². The van der Waals surface area contributed by atoms with Crippen molar-refractivity contribution in [1.29, 1.82) is 0 Å². The van der Waals surface area contributed by atoms with Crippen LogP contribution in [0.2, 0.25) is 0 Å². The normalized spacial score (nSPS) is 30.2. The molecular formula is C13H26N2O3S. The van der Waals surface area contributed by atoms with Gasteiger partial charge in [-0.15, -0.1) is 0 Å². The molecule has 0 aliphatic carbocycles. The van der Waals surface area contributed by atoms with E-state index in [1.165, 1.54) is 0 Å². The molecule has 1 aliphatic heterocycles. The molecule has 0 radical (unpaired) electrons. The maximum Gasteiger partial charge on any atom is 0.239 e. The lowest BCUT2D eigenvalue weighted by Gasteiger charge is -2.42. The van der Waals surface area contributed by atoms with Gasteiger partial charge in [-0.1, -0.05) is 13.8 Å². The molecule has 0 aromatic heterocycles. The van der Waals surface area contributed by atoms with Crippen LogP contribution in [0.3, 0.4) is 0 Å². The van der Waals surface area contributed by atoms with Crippen molar-refractivity contribution in [2.45, 2.75) is 45.7 Å². The standard InChI is InChI=1S/C13H26N2O3S/c1-9-7-10(2)11(3)15(8-9)13(16)12(14)5-6-19(4,17)18/h9-12H,5-8,14H2,1-4H3. The Morgan fingerprint density at radius 2 is 1.95 bits per heavy atom. The number of likely N-dealkylation sites (tertiary alicyclic amines) is 1. The summed E-state index contributed by atoms with van der Waals surface area (Å²) in [6.45, 7) is 7.03. The van der Waals surface area contributed by atoms with Crippen molar-refractivity contribution in [3.8, 4) is 0 Å². The van der Waals surface area contributed by atoms with Gasteiger partial charge in [0.1, 0.15) is 9.84 Å². The highest BCUT2D eigenvalue weighted by Gasteiger charge is 2.34. The minimum absolute atomic E-state index is 0.0345. The molecule has 1 heterocycles. The summed E-state index contributed by atoms with van der Waals surface area (Å²) < 4.78 is 22.2. The molecule has 0 bridgehead atoms. The Bertz CT molecular complexity index is 422. The monoisotopic (exact) mass is 290 g/mol. The quantitative estimate of drug-likeness (QED) is 0.824. The number of piperidine rings is 1. The third-order valence-electron chi connectivity index (χ3n) is 4.00. The van der Waals surface area contributed by atoms with Crippen molar-refractivity contribution in [2.24, 2.45) is 17.6 Å². The molecule has 0 aromatic carbocycles. The molecule has 19 heavy (non-hydrogen) atoms. The van der Waals surface area contributed by atoms with Crippen molar-refractivity contribution < 1.29 is 13.2 Å². The summed E-state index contributed by atoms with van der Waals surface area (Å²) in [5.74, 6) is 0.773. The van der Waals surface area contributed by atoms with Crippen LogP contribution < -0.4 is 5.73 Å². The topological polar surface area (TPSA) is 80.5 Å². The van der Waals surface area contributed by atoms with Crippen molar-refractivity contribution in [1.82, 2.24) is 4.90 Å². The molecule has 4 unspecified atom stereocenters. The maximum absolute atomic E-state index is 12.3. The maximum atomic E-state index is 12.3. The Hall–Kier alpha value is -0.620. The van der Waals surface area contributed by atoms with Gasteiger partial charge in [0.15, 0.2) is 0 Å². The number of nitrogens with two attached hydrogens (primary N) is 1. The van der Waals surface area contributed by atoms with E-state index < -0.39 is 15.9 Å². The Labute approximate surface area is 116 Å². The van der Waals surface area contributed by atoms with Gasteiger partial charge in [0.25, 0.3) is 0 Å². The minimum Gasteiger partial charge on any atom is -0.338 e. The first-order valence-corrected chi connectivity index (χ1v) is 8.91. The van der Waals surface area contributed by atoms with Crippen LogP contribution in [0, 0.1) is 11.8 Å². The average Bonchev–Trinajstić information content (AvgIpc) is 2.28. The van der Waals surface area contributed by atoms with Gasteiger partial charge in [0.05, 0.1) is 11.8 Å². The fourth-order valence-corrected chi connectivity index (χ4v) is 3.37. The van der Waals surface area contributed by atoms with Crippen molar-refractivity contribution in [2.75, 3.05) is 18.6 Å². The van der Waals surface area contributed by atoms with Crippen LogP contribution >= 0.6 is 0 Å². The third kappa shape index (κ3) is 4.76. The lowest BCUT2D eigenvalue weighted by Crippen LogP contribution is -2.54. The fraction of sp³-hybridized carbons (Fsp3) is 0.923. The van der Waals surface area contributed by atoms with Gasteiger partial charge in [-0.3, -0.25) is 4.79 Å². The first kappa shape index (κ1) is 16.4. The largest absolute Gasteiger partial charge is 0.338 e. The van der Waals surface area contributed by atoms with Crippen molar-refractivity contribution in [3.63, 3.8) is 0 Å². The van der Waals surface area contributed by atoms with Crippen LogP contribution in [-0.4, -0.2) is 49.9 Å². The molecule has 1 amide bonds. The molecule has 4 atom stereocenters. The molecule has 112 valence electrons. The summed E-state index contributed by atoms with van der Waals surface area (Å²) in [5, 5.41) is 0. The second kappa shape index (κ2) is 6.22. The lowest BCUT2D eigenvalue weighted by atomic mass is 9.85. The highest BCUT2D eigenvalue weighted by molar-refractivity contribution is 7.90. The predicted octanol–water partition coefficient (Wildman–Crippen LogP) is 0.641. The van der Waals surface area contributed by atoms with E-state index >= 15 is 0 Å². The van der Waals surface area contributed by atoms with Gasteiger partial charge in [0.2, 0.25) is 5.91 Å². The molecular weight excluding hydrogens is 264 g/mol. The zero-order valence-corrected chi connectivity index (χ0v) is 13.1. The summed E-state index contributed by atoms with van der Waals surface area (Å²) >= 11 is 0. The highest BCUT2D eigenvalue weighted by atomic mass is 32.2. The SMILES string of the molecule is CC1CC(C)C(C)N(C(=O)C(N)CCS(C)(=O)=O)C1. The molecule has 0 aromatic rings. The molecule has 2 N–H and O–H groups in total. The van der Waals surface area contributed by atoms with E-state index in [1.807, 2.05) is 11.8 Å². The number of sulfone groups is 1. The minimum atomic E-state index is -3.07. The average molecular weight is 290 g/mol. The number of nitrogens with zero attached hydrogens (tertiary/aromatic N) is 1. The Morgan fingerprint density at radius 3 is 2.47 bits per heavy atom. The van der Waals surface area contributed by atoms with Crippen LogP contribution in [0.15, 0.2) is 0 Å². The Balaban J connectivity index is 2.65. The summed E-state index contributed by atoms with van der Waals surface area (Å²) in [6.07, 6.45) is 2.48. The van der Waals surface area contributed by atoms with Crippen LogP contribution in [0.5, 0.6) is 0 Å². The Kier molecular flexibility index (Phi) is 5.38. The predicted molar refractivity (Wildman–Crippen MR) is 76.4 cm³/mol. The zero-order chi connectivity index (χ0) is 14.8. The van der Waals surface area contributed by atoms with E-state index in [4.69, 9.17) is 5.73 Å². The number of carbonyl (C=O) groups is 1. The summed E-state index contributed by atoms with van der Waals surface area (Å²) in [5.41, 5.74) is 5.85. The summed E-state index contributed by atoms with van der Waals surface area (Å²) in [6, 6.07) is -0.539. The molecule has 5 nitrogen and oxygen atoms in total. The second-order valence-corrected chi connectivity index (χ2v) is 8.33. The number of carbonyl (C=O) groups excluding carboxylic acids is 1. The van der Waals surface area contributed by atoms with Crippen LogP contribution in [0.1, 0.15) is 33.6 Å². The summed E-state index contributed by atoms with van der Waals surface area (Å²) in [4.78, 5) is 14.1. The Morgan fingerprint density at radius 1 is 1.37 bits per heavy atom. The van der Waals surface area contributed by atoms with Gasteiger partial charge in [-0.25, -0.2) is 8.42 Å². The number of hydrogen-bond donors (Lipinski definition) is 1. The van der Waals surface area contributed by atoms with Gasteiger partial charge >= 0.3 is 0 Å². The van der Waals surface area contributed by atoms with E-state index in [2.05, 4.69) is 13.8 Å². The van der Waals surface area contributed by atoms with Gasteiger partial charge in [0, 0.05) is 18.8 Å². The molecule has 0 spiro atoms. The van der Waals surface area contributed by atoms with E-state index in [0.717, 1.165) is 19.2 Å². The highest BCUT2D eigenvalue weighted by Crippen LogP contribution is 2.27. The van der Waals surface area contributed by atoms with E-state index in [9.17, 15) is 13.2 Å². The zero-order valence-electron chi connectivity index (χ0n) is 12.3. The molecule has 1 rings (SSSR count). The van der Waals surface area contributed by atoms with Crippen molar-refractivity contribution in [3.05, 3.63) is 0 Å². The van der Waals surface area contributed by atoms with E-state index in [0.29, 0.717) is 11.8 Å². The first-order chi connectivity index (χ1) is 8.61. The first-order valence-electron chi connectivity index (χ1n) is 6.85. The molecule has 1 saturated heterocycles. The second-order valence-electron chi connectivity index (χ2n) is 6.07. The smallest absolute Gasteiger partial charge is 0.239 e. The number of rotatable bonds is 4. The molecule has 6 heteroatoms. The van der Waals surface area contributed by atoms with E-state index in [1.54, 1.807) is 0 Å². The lowest BCUT2D eigenvalue weighted by molar-refractivity contribution is -0.138. The van der Waals surface area contributed by atoms with Gasteiger partial charge < -0.3 is 10.6 Å². The third-order valence-corrected chi connectivity index (χ3v) is 4.97. The van der Waals surface area contributed by atoms with Crippen LogP contribution in [0.4, 0.5) is 0 Å². The van der Waals surface area contributed by atoms with Gasteiger partial charge in [-0.2, -0.15) is 0 Å². The van der Waals surface area contributed by atoms with Crippen LogP contribution in [0.25, 0.3) is 0 Å². The fourth-order valence-electron chi connectivity index (χ4n) is 2.68. The summed E-state index contributed by atoms with van der Waals surface area (Å²) in [7, 11) is -3.07. The number of amides is 1. The number of hydrogen-bond acceptors (Lipinski definition) is 4. The molecule has 1 aliphatic rings. The van der Waals surface area contributed by atoms with E-state index in [-0.39, 0.29) is 24.1 Å².